The molecule has 3 heterocycles. The van der Waals surface area contributed by atoms with E-state index in [-0.39, 0.29) is 0 Å². The molecule has 0 aliphatic rings. The molecular formula is C15H16ClN3OS. The maximum atomic E-state index is 10.1. The van der Waals surface area contributed by atoms with Gasteiger partial charge >= 0.3 is 0 Å². The van der Waals surface area contributed by atoms with Crippen LogP contribution < -0.4 is 5.32 Å². The van der Waals surface area contributed by atoms with Crippen LogP contribution in [0.5, 0.6) is 0 Å². The molecule has 1 atom stereocenters. The topological polar surface area (TPSA) is 49.6 Å². The maximum Gasteiger partial charge on any atom is 0.136 e. The van der Waals surface area contributed by atoms with E-state index < -0.39 is 6.10 Å². The van der Waals surface area contributed by atoms with Crippen LogP contribution in [0.2, 0.25) is 4.34 Å². The van der Waals surface area contributed by atoms with Gasteiger partial charge in [0.25, 0.3) is 0 Å². The number of nitrogens with zero attached hydrogens (tertiary/aromatic N) is 2. The molecule has 4 nitrogen and oxygen atoms in total. The second-order valence-corrected chi connectivity index (χ2v) is 6.72. The average molecular weight is 322 g/mol. The Bertz CT molecular complexity index is 752. The van der Waals surface area contributed by atoms with Crippen LogP contribution in [-0.2, 0) is 6.54 Å². The lowest BCUT2D eigenvalue weighted by Gasteiger charge is -2.10. The van der Waals surface area contributed by atoms with Crippen molar-refractivity contribution >= 4 is 28.6 Å². The Morgan fingerprint density at radius 1 is 1.38 bits per heavy atom. The first kappa shape index (κ1) is 14.5. The van der Waals surface area contributed by atoms with Crippen molar-refractivity contribution < 1.29 is 5.11 Å². The van der Waals surface area contributed by atoms with E-state index in [4.69, 9.17) is 11.6 Å². The van der Waals surface area contributed by atoms with Gasteiger partial charge < -0.3 is 14.8 Å². The number of aryl methyl sites for hydroxylation is 1. The number of halogens is 1. The minimum absolute atomic E-state index is 0.482. The smallest absolute Gasteiger partial charge is 0.136 e. The van der Waals surface area contributed by atoms with Crippen molar-refractivity contribution in [1.29, 1.82) is 0 Å². The van der Waals surface area contributed by atoms with Gasteiger partial charge in [0, 0.05) is 24.2 Å². The third-order valence-electron chi connectivity index (χ3n) is 3.30. The monoisotopic (exact) mass is 321 g/mol. The van der Waals surface area contributed by atoms with Gasteiger partial charge in [0.15, 0.2) is 0 Å². The van der Waals surface area contributed by atoms with Crippen molar-refractivity contribution in [3.8, 4) is 0 Å². The number of pyridine rings is 1. The fraction of sp³-hybridized carbons (Fsp3) is 0.267. The van der Waals surface area contributed by atoms with Gasteiger partial charge in [0.05, 0.1) is 16.2 Å². The number of nitrogens with one attached hydrogen (secondary N) is 1. The molecule has 0 amide bonds. The number of hydrogen-bond donors (Lipinski definition) is 2. The first-order valence-electron chi connectivity index (χ1n) is 6.70. The van der Waals surface area contributed by atoms with Crippen molar-refractivity contribution in [2.24, 2.45) is 0 Å². The molecule has 0 bridgehead atoms. The van der Waals surface area contributed by atoms with E-state index in [1.807, 2.05) is 24.4 Å². The number of rotatable bonds is 5. The summed E-state index contributed by atoms with van der Waals surface area (Å²) in [4.78, 5) is 5.24. The Morgan fingerprint density at radius 2 is 2.24 bits per heavy atom. The maximum absolute atomic E-state index is 10.1. The SMILES string of the molecule is Cc1ccc2ncc(CNCC(O)c3ccc(Cl)s3)n2c1. The number of aromatic nitrogens is 2. The number of fused-ring (bicyclic) bond motifs is 1. The van der Waals surface area contributed by atoms with E-state index in [1.165, 1.54) is 16.9 Å². The molecule has 0 aliphatic carbocycles. The van der Waals surface area contributed by atoms with Crippen molar-refractivity contribution in [3.05, 3.63) is 57.1 Å². The number of thiophene rings is 1. The number of hydrogen-bond acceptors (Lipinski definition) is 4. The van der Waals surface area contributed by atoms with E-state index in [0.717, 1.165) is 16.2 Å². The highest BCUT2D eigenvalue weighted by Gasteiger charge is 2.10. The number of aliphatic hydroxyl groups is 1. The molecule has 21 heavy (non-hydrogen) atoms. The molecule has 0 aliphatic heterocycles. The van der Waals surface area contributed by atoms with Gasteiger partial charge in [-0.2, -0.15) is 0 Å². The van der Waals surface area contributed by atoms with E-state index in [1.54, 1.807) is 6.07 Å². The largest absolute Gasteiger partial charge is 0.386 e. The minimum atomic E-state index is -0.538. The molecule has 1 unspecified atom stereocenters. The molecule has 110 valence electrons. The highest BCUT2D eigenvalue weighted by atomic mass is 35.5. The van der Waals surface area contributed by atoms with Crippen molar-refractivity contribution in [1.82, 2.24) is 14.7 Å². The van der Waals surface area contributed by atoms with E-state index >= 15 is 0 Å². The first-order valence-corrected chi connectivity index (χ1v) is 7.89. The fourth-order valence-corrected chi connectivity index (χ4v) is 3.26. The predicted molar refractivity (Wildman–Crippen MR) is 85.9 cm³/mol. The third-order valence-corrected chi connectivity index (χ3v) is 4.63. The number of aliphatic hydroxyl groups excluding tert-OH is 1. The standard InChI is InChI=1S/C15H16ClN3OS/c1-10-2-5-15-18-7-11(19(15)9-10)6-17-8-12(20)13-3-4-14(16)21-13/h2-5,7,9,12,17,20H,6,8H2,1H3. The van der Waals surface area contributed by atoms with Crippen LogP contribution in [-0.4, -0.2) is 21.0 Å². The van der Waals surface area contributed by atoms with Crippen LogP contribution in [0.3, 0.4) is 0 Å². The lowest BCUT2D eigenvalue weighted by atomic mass is 10.3. The Kier molecular flexibility index (Phi) is 4.26. The summed E-state index contributed by atoms with van der Waals surface area (Å²) in [5.74, 6) is 0. The van der Waals surface area contributed by atoms with E-state index in [0.29, 0.717) is 17.4 Å². The molecule has 6 heteroatoms. The highest BCUT2D eigenvalue weighted by Crippen LogP contribution is 2.26. The molecular weight excluding hydrogens is 306 g/mol. The second kappa shape index (κ2) is 6.15. The molecule has 3 aromatic heterocycles. The molecule has 0 spiro atoms. The average Bonchev–Trinajstić information content (AvgIpc) is 3.05. The van der Waals surface area contributed by atoms with Gasteiger partial charge in [-0.25, -0.2) is 4.98 Å². The van der Waals surface area contributed by atoms with Crippen molar-refractivity contribution in [3.63, 3.8) is 0 Å². The quantitative estimate of drug-likeness (QED) is 0.759. The molecule has 0 saturated carbocycles. The third kappa shape index (κ3) is 3.27. The molecule has 0 fully saturated rings. The fourth-order valence-electron chi connectivity index (χ4n) is 2.21. The van der Waals surface area contributed by atoms with Gasteiger partial charge in [-0.15, -0.1) is 11.3 Å². The summed E-state index contributed by atoms with van der Waals surface area (Å²) >= 11 is 7.28. The van der Waals surface area contributed by atoms with Gasteiger partial charge in [-0.3, -0.25) is 0 Å². The van der Waals surface area contributed by atoms with Gasteiger partial charge in [0.2, 0.25) is 0 Å². The van der Waals surface area contributed by atoms with Gasteiger partial charge in [0.1, 0.15) is 11.8 Å². The van der Waals surface area contributed by atoms with Crippen LogP contribution in [0.1, 0.15) is 22.2 Å². The highest BCUT2D eigenvalue weighted by molar-refractivity contribution is 7.16. The Hall–Kier alpha value is -1.40. The lowest BCUT2D eigenvalue weighted by molar-refractivity contribution is 0.178. The Morgan fingerprint density at radius 3 is 3.00 bits per heavy atom. The number of imidazole rings is 1. The zero-order chi connectivity index (χ0) is 14.8. The van der Waals surface area contributed by atoms with Crippen LogP contribution in [0.25, 0.3) is 5.65 Å². The zero-order valence-corrected chi connectivity index (χ0v) is 13.2. The second-order valence-electron chi connectivity index (χ2n) is 4.97. The van der Waals surface area contributed by atoms with Crippen molar-refractivity contribution in [2.45, 2.75) is 19.6 Å². The van der Waals surface area contributed by atoms with Crippen LogP contribution in [0.4, 0.5) is 0 Å². The Balaban J connectivity index is 1.63. The summed E-state index contributed by atoms with van der Waals surface area (Å²) in [6.07, 6.45) is 3.38. The summed E-state index contributed by atoms with van der Waals surface area (Å²) in [6, 6.07) is 7.71. The summed E-state index contributed by atoms with van der Waals surface area (Å²) in [7, 11) is 0. The lowest BCUT2D eigenvalue weighted by Crippen LogP contribution is -2.21. The molecule has 0 saturated heterocycles. The Labute approximate surface area is 132 Å². The minimum Gasteiger partial charge on any atom is -0.386 e. The van der Waals surface area contributed by atoms with Gasteiger partial charge in [-0.1, -0.05) is 17.7 Å². The normalized spacial score (nSPS) is 12.9. The predicted octanol–water partition coefficient (Wildman–Crippen LogP) is 3.18. The van der Waals surface area contributed by atoms with Crippen LogP contribution in [0, 0.1) is 6.92 Å². The molecule has 3 aromatic rings. The van der Waals surface area contributed by atoms with Crippen molar-refractivity contribution in [2.75, 3.05) is 6.54 Å². The summed E-state index contributed by atoms with van der Waals surface area (Å²) in [5, 5.41) is 13.3. The van der Waals surface area contributed by atoms with E-state index in [9.17, 15) is 5.11 Å². The molecule has 0 aromatic carbocycles. The molecule has 2 N–H and O–H groups in total. The molecule has 0 radical (unpaired) electrons. The summed E-state index contributed by atoms with van der Waals surface area (Å²) in [6.45, 7) is 3.19. The van der Waals surface area contributed by atoms with E-state index in [2.05, 4.69) is 27.8 Å². The first-order chi connectivity index (χ1) is 10.1. The van der Waals surface area contributed by atoms with Gasteiger partial charge in [-0.05, 0) is 30.7 Å². The zero-order valence-electron chi connectivity index (χ0n) is 11.6. The van der Waals surface area contributed by atoms with Crippen LogP contribution in [0.15, 0.2) is 36.7 Å². The van der Waals surface area contributed by atoms with Crippen LogP contribution >= 0.6 is 22.9 Å². The molecule has 3 rings (SSSR count). The summed E-state index contributed by atoms with van der Waals surface area (Å²) < 4.78 is 2.76. The summed E-state index contributed by atoms with van der Waals surface area (Å²) in [5.41, 5.74) is 3.20.